The molecule has 0 rings (SSSR count). The summed E-state index contributed by atoms with van der Waals surface area (Å²) in [6, 6.07) is 0. The predicted molar refractivity (Wildman–Crippen MR) is 35.4 cm³/mol. The van der Waals surface area contributed by atoms with Gasteiger partial charge in [0.2, 0.25) is 0 Å². The summed E-state index contributed by atoms with van der Waals surface area (Å²) < 4.78 is 0. The molecule has 0 saturated heterocycles. The Kier molecular flexibility index (Phi) is 4.55. The molecule has 0 spiro atoms. The average Bonchev–Trinajstić information content (AvgIpc) is 1.87. The van der Waals surface area contributed by atoms with Crippen LogP contribution < -0.4 is 0 Å². The summed E-state index contributed by atoms with van der Waals surface area (Å²) in [7, 11) is 0. The van der Waals surface area contributed by atoms with Crippen LogP contribution >= 0.6 is 0 Å². The van der Waals surface area contributed by atoms with Gasteiger partial charge in [-0.15, -0.1) is 0 Å². The van der Waals surface area contributed by atoms with Crippen molar-refractivity contribution in [3.8, 4) is 0 Å². The largest absolute Gasteiger partial charge is 0.394 e. The van der Waals surface area contributed by atoms with E-state index < -0.39 is 18.3 Å². The summed E-state index contributed by atoms with van der Waals surface area (Å²) in [5.74, 6) is 0. The average molecular weight is 150 g/mol. The van der Waals surface area contributed by atoms with Gasteiger partial charge in [-0.2, -0.15) is 0 Å². The van der Waals surface area contributed by atoms with E-state index in [4.69, 9.17) is 20.4 Å². The van der Waals surface area contributed by atoms with Crippen LogP contribution in [-0.4, -0.2) is 45.3 Å². The zero-order valence-corrected chi connectivity index (χ0v) is 5.94. The van der Waals surface area contributed by atoms with Crippen molar-refractivity contribution in [2.45, 2.75) is 31.7 Å². The van der Waals surface area contributed by atoms with Crippen molar-refractivity contribution < 1.29 is 20.4 Å². The molecule has 0 aliphatic rings. The van der Waals surface area contributed by atoms with Gasteiger partial charge in [-0.3, -0.25) is 0 Å². The number of hydrogen-bond acceptors (Lipinski definition) is 4. The van der Waals surface area contributed by atoms with Crippen LogP contribution in [0.2, 0.25) is 0 Å². The highest BCUT2D eigenvalue weighted by Crippen LogP contribution is 2.01. The van der Waals surface area contributed by atoms with Crippen molar-refractivity contribution in [1.29, 1.82) is 0 Å². The van der Waals surface area contributed by atoms with Crippen LogP contribution in [0.5, 0.6) is 0 Å². The fraction of sp³-hybridized carbons (Fsp3) is 1.00. The Morgan fingerprint density at radius 2 is 1.70 bits per heavy atom. The third kappa shape index (κ3) is 3.79. The fourth-order valence-electron chi connectivity index (χ4n) is 0.550. The molecule has 0 aliphatic carbocycles. The molecule has 62 valence electrons. The van der Waals surface area contributed by atoms with Gasteiger partial charge in [0.25, 0.3) is 0 Å². The molecule has 0 heterocycles. The van der Waals surface area contributed by atoms with Gasteiger partial charge in [0.1, 0.15) is 0 Å². The molecule has 0 fully saturated rings. The monoisotopic (exact) mass is 150 g/mol. The lowest BCUT2D eigenvalue weighted by atomic mass is 10.1. The Balaban J connectivity index is 3.46. The molecular weight excluding hydrogens is 136 g/mol. The summed E-state index contributed by atoms with van der Waals surface area (Å²) >= 11 is 0. The van der Waals surface area contributed by atoms with Crippen LogP contribution in [0.3, 0.4) is 0 Å². The molecular formula is C6H14O4. The molecule has 3 atom stereocenters. The first-order chi connectivity index (χ1) is 4.57. The number of hydrogen-bond donors (Lipinski definition) is 4. The van der Waals surface area contributed by atoms with E-state index in [0.29, 0.717) is 0 Å². The van der Waals surface area contributed by atoms with Gasteiger partial charge in [-0.1, -0.05) is 0 Å². The highest BCUT2D eigenvalue weighted by atomic mass is 16.3. The van der Waals surface area contributed by atoms with Crippen LogP contribution in [0.25, 0.3) is 0 Å². The number of aliphatic hydroxyl groups is 4. The van der Waals surface area contributed by atoms with E-state index in [-0.39, 0.29) is 13.0 Å². The van der Waals surface area contributed by atoms with Crippen LogP contribution in [0.15, 0.2) is 0 Å². The first kappa shape index (κ1) is 9.84. The smallest absolute Gasteiger partial charge is 0.0821 e. The lowest BCUT2D eigenvalue weighted by Gasteiger charge is -2.15. The maximum Gasteiger partial charge on any atom is 0.0821 e. The molecule has 0 radical (unpaired) electrons. The molecule has 10 heavy (non-hydrogen) atoms. The molecule has 0 bridgehead atoms. The zero-order valence-electron chi connectivity index (χ0n) is 5.94. The first-order valence-electron chi connectivity index (χ1n) is 3.23. The number of aliphatic hydroxyl groups excluding tert-OH is 4. The van der Waals surface area contributed by atoms with Gasteiger partial charge in [-0.05, 0) is 6.92 Å². The molecule has 4 heteroatoms. The van der Waals surface area contributed by atoms with Crippen molar-refractivity contribution in [1.82, 2.24) is 0 Å². The normalized spacial score (nSPS) is 20.1. The summed E-state index contributed by atoms with van der Waals surface area (Å²) in [5.41, 5.74) is 0. The van der Waals surface area contributed by atoms with E-state index in [9.17, 15) is 0 Å². The van der Waals surface area contributed by atoms with E-state index in [1.165, 1.54) is 6.92 Å². The van der Waals surface area contributed by atoms with Gasteiger partial charge in [0, 0.05) is 6.42 Å². The summed E-state index contributed by atoms with van der Waals surface area (Å²) in [5, 5.41) is 34.7. The Hall–Kier alpha value is -0.160. The van der Waals surface area contributed by atoms with Gasteiger partial charge in [0.05, 0.1) is 24.9 Å². The molecule has 0 aliphatic heterocycles. The Bertz CT molecular complexity index is 83.8. The Labute approximate surface area is 59.7 Å². The minimum Gasteiger partial charge on any atom is -0.394 e. The van der Waals surface area contributed by atoms with E-state index >= 15 is 0 Å². The van der Waals surface area contributed by atoms with Crippen molar-refractivity contribution in [3.63, 3.8) is 0 Å². The first-order valence-corrected chi connectivity index (χ1v) is 3.23. The van der Waals surface area contributed by atoms with Crippen molar-refractivity contribution >= 4 is 0 Å². The zero-order chi connectivity index (χ0) is 8.15. The quantitative estimate of drug-likeness (QED) is 0.392. The van der Waals surface area contributed by atoms with Gasteiger partial charge in [0.15, 0.2) is 0 Å². The molecule has 0 aromatic rings. The van der Waals surface area contributed by atoms with Crippen LogP contribution in [0.1, 0.15) is 13.3 Å². The van der Waals surface area contributed by atoms with Crippen LogP contribution in [0, 0.1) is 0 Å². The van der Waals surface area contributed by atoms with E-state index in [0.717, 1.165) is 0 Å². The Morgan fingerprint density at radius 3 is 2.00 bits per heavy atom. The molecule has 4 N–H and O–H groups in total. The highest BCUT2D eigenvalue weighted by Gasteiger charge is 2.14. The predicted octanol–water partition coefficient (Wildman–Crippen LogP) is -1.53. The third-order valence-electron chi connectivity index (χ3n) is 1.28. The van der Waals surface area contributed by atoms with Crippen LogP contribution in [-0.2, 0) is 0 Å². The molecule has 0 amide bonds. The minimum absolute atomic E-state index is 0.00810. The highest BCUT2D eigenvalue weighted by molar-refractivity contribution is 4.66. The van der Waals surface area contributed by atoms with E-state index in [1.807, 2.05) is 0 Å². The second kappa shape index (κ2) is 4.62. The van der Waals surface area contributed by atoms with Crippen molar-refractivity contribution in [2.75, 3.05) is 6.61 Å². The summed E-state index contributed by atoms with van der Waals surface area (Å²) in [4.78, 5) is 0. The topological polar surface area (TPSA) is 80.9 Å². The molecule has 0 unspecified atom stereocenters. The van der Waals surface area contributed by atoms with Gasteiger partial charge >= 0.3 is 0 Å². The molecule has 0 saturated carbocycles. The van der Waals surface area contributed by atoms with E-state index in [1.54, 1.807) is 0 Å². The number of rotatable bonds is 4. The molecule has 4 nitrogen and oxygen atoms in total. The van der Waals surface area contributed by atoms with Crippen molar-refractivity contribution in [3.05, 3.63) is 0 Å². The maximum absolute atomic E-state index is 8.91. The summed E-state index contributed by atoms with van der Waals surface area (Å²) in [6.07, 6.45) is -2.75. The third-order valence-corrected chi connectivity index (χ3v) is 1.28. The lowest BCUT2D eigenvalue weighted by molar-refractivity contribution is -0.0157. The SMILES string of the molecule is C[C@H](O)[C@@H](O)C[C@H](O)CO. The fourth-order valence-corrected chi connectivity index (χ4v) is 0.550. The lowest BCUT2D eigenvalue weighted by Crippen LogP contribution is -2.29. The second-order valence-electron chi connectivity index (χ2n) is 2.38. The second-order valence-corrected chi connectivity index (χ2v) is 2.38. The van der Waals surface area contributed by atoms with Gasteiger partial charge in [-0.25, -0.2) is 0 Å². The van der Waals surface area contributed by atoms with Crippen molar-refractivity contribution in [2.24, 2.45) is 0 Å². The minimum atomic E-state index is -0.956. The molecule has 0 aromatic heterocycles. The standard InChI is InChI=1S/C6H14O4/c1-4(8)6(10)2-5(9)3-7/h4-10H,2-3H2,1H3/t4-,5-,6-/m0/s1. The molecule has 0 aromatic carbocycles. The summed E-state index contributed by atoms with van der Waals surface area (Å²) in [6.45, 7) is 1.04. The maximum atomic E-state index is 8.91. The van der Waals surface area contributed by atoms with Crippen LogP contribution in [0.4, 0.5) is 0 Å². The van der Waals surface area contributed by atoms with E-state index in [2.05, 4.69) is 0 Å². The van der Waals surface area contributed by atoms with Gasteiger partial charge < -0.3 is 20.4 Å². The Morgan fingerprint density at radius 1 is 1.20 bits per heavy atom.